The summed E-state index contributed by atoms with van der Waals surface area (Å²) in [6.45, 7) is 1.08. The first kappa shape index (κ1) is 19.1. The van der Waals surface area contributed by atoms with Crippen molar-refractivity contribution in [2.24, 2.45) is 11.7 Å². The second-order valence-electron chi connectivity index (χ2n) is 6.97. The normalized spacial score (nSPS) is 15.4. The van der Waals surface area contributed by atoms with E-state index in [0.29, 0.717) is 42.8 Å². The minimum atomic E-state index is -3.82. The zero-order valence-corrected chi connectivity index (χ0v) is 16.5. The van der Waals surface area contributed by atoms with Crippen LogP contribution in [0.2, 0.25) is 0 Å². The molecule has 1 saturated heterocycles. The largest absolute Gasteiger partial charge is 0.369 e. The molecule has 1 fully saturated rings. The minimum Gasteiger partial charge on any atom is -0.369 e. The lowest BCUT2D eigenvalue weighted by Crippen LogP contribution is -2.39. The molecule has 0 bridgehead atoms. The third kappa shape index (κ3) is 4.00. The Kier molecular flexibility index (Phi) is 5.06. The van der Waals surface area contributed by atoms with E-state index in [0.717, 1.165) is 0 Å². The van der Waals surface area contributed by atoms with Crippen molar-refractivity contribution in [1.29, 1.82) is 0 Å². The first-order chi connectivity index (χ1) is 13.9. The fraction of sp³-hybridized carbons (Fsp3) is 0.250. The molecular formula is C20H21N5O3S. The molecule has 1 aliphatic heterocycles. The zero-order valence-electron chi connectivity index (χ0n) is 15.7. The number of anilines is 2. The predicted molar refractivity (Wildman–Crippen MR) is 111 cm³/mol. The summed E-state index contributed by atoms with van der Waals surface area (Å²) in [4.78, 5) is 22.8. The molecule has 0 atom stereocenters. The van der Waals surface area contributed by atoms with Gasteiger partial charge in [-0.15, -0.1) is 0 Å². The number of fused-ring (bicyclic) bond motifs is 1. The summed E-state index contributed by atoms with van der Waals surface area (Å²) in [7, 11) is -3.82. The average molecular weight is 411 g/mol. The fourth-order valence-electron chi connectivity index (χ4n) is 3.44. The van der Waals surface area contributed by atoms with Gasteiger partial charge in [0.05, 0.1) is 15.9 Å². The Bertz CT molecular complexity index is 1140. The highest BCUT2D eigenvalue weighted by Gasteiger charge is 2.27. The van der Waals surface area contributed by atoms with Crippen LogP contribution in [0.5, 0.6) is 0 Å². The van der Waals surface area contributed by atoms with Crippen molar-refractivity contribution in [3.63, 3.8) is 0 Å². The van der Waals surface area contributed by atoms with E-state index < -0.39 is 10.0 Å². The van der Waals surface area contributed by atoms with Crippen LogP contribution in [0, 0.1) is 5.92 Å². The van der Waals surface area contributed by atoms with Crippen molar-refractivity contribution in [3.05, 3.63) is 54.6 Å². The van der Waals surface area contributed by atoms with Crippen LogP contribution in [0.4, 0.5) is 11.6 Å². The maximum Gasteiger partial charge on any atom is 0.263 e. The van der Waals surface area contributed by atoms with Gasteiger partial charge in [-0.1, -0.05) is 30.3 Å². The number of para-hydroxylation sites is 2. The number of amides is 1. The number of carbonyl (C=O) groups excluding carboxylic acids is 1. The SMILES string of the molecule is NC(=O)C1CCN(c2nc3ccccc3nc2NS(=O)(=O)c2ccccc2)CC1. The van der Waals surface area contributed by atoms with Gasteiger partial charge in [0.1, 0.15) is 0 Å². The van der Waals surface area contributed by atoms with Gasteiger partial charge < -0.3 is 10.6 Å². The van der Waals surface area contributed by atoms with Gasteiger partial charge in [-0.3, -0.25) is 9.52 Å². The maximum absolute atomic E-state index is 12.9. The smallest absolute Gasteiger partial charge is 0.263 e. The van der Waals surface area contributed by atoms with Crippen LogP contribution >= 0.6 is 0 Å². The van der Waals surface area contributed by atoms with Crippen molar-refractivity contribution < 1.29 is 13.2 Å². The van der Waals surface area contributed by atoms with Gasteiger partial charge in [0, 0.05) is 19.0 Å². The minimum absolute atomic E-state index is 0.147. The fourth-order valence-corrected chi connectivity index (χ4v) is 4.47. The molecule has 1 amide bonds. The second kappa shape index (κ2) is 7.67. The van der Waals surface area contributed by atoms with E-state index in [-0.39, 0.29) is 22.5 Å². The molecule has 3 aromatic rings. The van der Waals surface area contributed by atoms with Gasteiger partial charge in [-0.2, -0.15) is 0 Å². The highest BCUT2D eigenvalue weighted by molar-refractivity contribution is 7.92. The lowest BCUT2D eigenvalue weighted by molar-refractivity contribution is -0.122. The third-order valence-electron chi connectivity index (χ3n) is 5.03. The van der Waals surface area contributed by atoms with E-state index in [1.54, 1.807) is 24.3 Å². The summed E-state index contributed by atoms with van der Waals surface area (Å²) in [5.74, 6) is 0.139. The summed E-state index contributed by atoms with van der Waals surface area (Å²) < 4.78 is 28.3. The first-order valence-electron chi connectivity index (χ1n) is 9.33. The standard InChI is InChI=1S/C20H21N5O3S/c21-18(26)14-10-12-25(13-11-14)20-19(22-16-8-4-5-9-17(16)23-20)24-29(27,28)15-6-2-1-3-7-15/h1-9,14H,10-13H2,(H2,21,26)(H,22,24). The number of hydrogen-bond donors (Lipinski definition) is 2. The van der Waals surface area contributed by atoms with Gasteiger partial charge in [-0.25, -0.2) is 18.4 Å². The van der Waals surface area contributed by atoms with E-state index >= 15 is 0 Å². The number of primary amides is 1. The Balaban J connectivity index is 1.72. The first-order valence-corrected chi connectivity index (χ1v) is 10.8. The molecule has 0 aliphatic carbocycles. The lowest BCUT2D eigenvalue weighted by atomic mass is 9.96. The predicted octanol–water partition coefficient (Wildman–Crippen LogP) is 2.13. The zero-order chi connectivity index (χ0) is 20.4. The van der Waals surface area contributed by atoms with Gasteiger partial charge in [0.25, 0.3) is 10.0 Å². The summed E-state index contributed by atoms with van der Waals surface area (Å²) in [6.07, 6.45) is 1.18. The maximum atomic E-state index is 12.9. The molecule has 3 N–H and O–H groups in total. The number of aromatic nitrogens is 2. The van der Waals surface area contributed by atoms with Gasteiger partial charge in [0.15, 0.2) is 11.6 Å². The monoisotopic (exact) mass is 411 g/mol. The van der Waals surface area contributed by atoms with Crippen molar-refractivity contribution in [2.75, 3.05) is 22.7 Å². The molecule has 29 heavy (non-hydrogen) atoms. The number of piperidine rings is 1. The molecule has 0 radical (unpaired) electrons. The van der Waals surface area contributed by atoms with Crippen molar-refractivity contribution >= 4 is 38.6 Å². The van der Waals surface area contributed by atoms with Crippen molar-refractivity contribution in [2.45, 2.75) is 17.7 Å². The van der Waals surface area contributed by atoms with Gasteiger partial charge in [-0.05, 0) is 37.1 Å². The quantitative estimate of drug-likeness (QED) is 0.664. The topological polar surface area (TPSA) is 118 Å². The molecule has 150 valence electrons. The van der Waals surface area contributed by atoms with Crippen LogP contribution in [0.1, 0.15) is 12.8 Å². The molecule has 1 aromatic heterocycles. The highest BCUT2D eigenvalue weighted by atomic mass is 32.2. The van der Waals surface area contributed by atoms with E-state index in [4.69, 9.17) is 5.73 Å². The second-order valence-corrected chi connectivity index (χ2v) is 8.65. The summed E-state index contributed by atoms with van der Waals surface area (Å²) in [6, 6.07) is 15.4. The number of rotatable bonds is 5. The molecule has 4 rings (SSSR count). The molecule has 1 aliphatic rings. The Morgan fingerprint density at radius 2 is 1.55 bits per heavy atom. The van der Waals surface area contributed by atoms with Crippen LogP contribution in [0.15, 0.2) is 59.5 Å². The molecule has 9 heteroatoms. The summed E-state index contributed by atoms with van der Waals surface area (Å²) >= 11 is 0. The number of nitrogens with two attached hydrogens (primary N) is 1. The number of hydrogen-bond acceptors (Lipinski definition) is 6. The van der Waals surface area contributed by atoms with E-state index in [1.807, 2.05) is 23.1 Å². The number of nitrogens with one attached hydrogen (secondary N) is 1. The molecule has 2 heterocycles. The van der Waals surface area contributed by atoms with E-state index in [1.165, 1.54) is 12.1 Å². The average Bonchev–Trinajstić information content (AvgIpc) is 2.74. The van der Waals surface area contributed by atoms with Crippen molar-refractivity contribution in [3.8, 4) is 0 Å². The van der Waals surface area contributed by atoms with E-state index in [9.17, 15) is 13.2 Å². The van der Waals surface area contributed by atoms with Gasteiger partial charge in [0.2, 0.25) is 5.91 Å². The highest BCUT2D eigenvalue weighted by Crippen LogP contribution is 2.30. The molecular weight excluding hydrogens is 390 g/mol. The molecule has 0 spiro atoms. The molecule has 0 saturated carbocycles. The number of nitrogens with zero attached hydrogens (tertiary/aromatic N) is 3. The van der Waals surface area contributed by atoms with Crippen molar-refractivity contribution in [1.82, 2.24) is 9.97 Å². The summed E-state index contributed by atoms with van der Waals surface area (Å²) in [5.41, 5.74) is 6.69. The number of carbonyl (C=O) groups is 1. The Morgan fingerprint density at radius 3 is 2.17 bits per heavy atom. The van der Waals surface area contributed by atoms with Crippen LogP contribution < -0.4 is 15.4 Å². The lowest BCUT2D eigenvalue weighted by Gasteiger charge is -2.32. The Hall–Kier alpha value is -3.20. The van der Waals surface area contributed by atoms with E-state index in [2.05, 4.69) is 14.7 Å². The Labute approximate surface area is 168 Å². The molecule has 2 aromatic carbocycles. The number of benzene rings is 2. The van der Waals surface area contributed by atoms with Gasteiger partial charge >= 0.3 is 0 Å². The van der Waals surface area contributed by atoms with Crippen LogP contribution in [0.25, 0.3) is 11.0 Å². The number of sulfonamides is 1. The summed E-state index contributed by atoms with van der Waals surface area (Å²) in [5, 5.41) is 0. The van der Waals surface area contributed by atoms with Crippen LogP contribution in [0.3, 0.4) is 0 Å². The van der Waals surface area contributed by atoms with Crippen LogP contribution in [-0.2, 0) is 14.8 Å². The Morgan fingerprint density at radius 1 is 0.966 bits per heavy atom. The molecule has 8 nitrogen and oxygen atoms in total. The molecule has 0 unspecified atom stereocenters. The third-order valence-corrected chi connectivity index (χ3v) is 6.39. The van der Waals surface area contributed by atoms with Crippen LogP contribution in [-0.4, -0.2) is 37.4 Å².